The number of esters is 1. The fourth-order valence-electron chi connectivity index (χ4n) is 2.82. The summed E-state index contributed by atoms with van der Waals surface area (Å²) in [6, 6.07) is 14.6. The molecule has 140 valence electrons. The Labute approximate surface area is 157 Å². The van der Waals surface area contributed by atoms with Crippen LogP contribution in [-0.4, -0.2) is 45.4 Å². The molecule has 0 aliphatic carbocycles. The fourth-order valence-corrected chi connectivity index (χ4v) is 2.82. The highest BCUT2D eigenvalue weighted by Gasteiger charge is 2.19. The topological polar surface area (TPSA) is 77.3 Å². The predicted molar refractivity (Wildman–Crippen MR) is 101 cm³/mol. The van der Waals surface area contributed by atoms with Crippen LogP contribution in [0.15, 0.2) is 48.5 Å². The van der Waals surface area contributed by atoms with Crippen molar-refractivity contribution in [2.45, 2.75) is 26.4 Å². The van der Waals surface area contributed by atoms with E-state index >= 15 is 0 Å². The minimum Gasteiger partial charge on any atom is -0.452 e. The first kappa shape index (κ1) is 18.6. The number of benzene rings is 2. The molecule has 1 atom stereocenters. The van der Waals surface area contributed by atoms with Gasteiger partial charge in [-0.1, -0.05) is 35.5 Å². The molecule has 1 amide bonds. The Morgan fingerprint density at radius 3 is 2.63 bits per heavy atom. The highest BCUT2D eigenvalue weighted by molar-refractivity contribution is 5.94. The summed E-state index contributed by atoms with van der Waals surface area (Å²) >= 11 is 0. The second-order valence-corrected chi connectivity index (χ2v) is 6.28. The van der Waals surface area contributed by atoms with Crippen molar-refractivity contribution in [2.24, 2.45) is 0 Å². The van der Waals surface area contributed by atoms with Gasteiger partial charge < -0.3 is 9.64 Å². The summed E-state index contributed by atoms with van der Waals surface area (Å²) in [6.07, 6.45) is 0. The fraction of sp³-hybridized carbons (Fsp3) is 0.300. The Morgan fingerprint density at radius 2 is 1.93 bits per heavy atom. The summed E-state index contributed by atoms with van der Waals surface area (Å²) in [5, 5.41) is 8.06. The van der Waals surface area contributed by atoms with Crippen molar-refractivity contribution < 1.29 is 14.3 Å². The van der Waals surface area contributed by atoms with Crippen molar-refractivity contribution in [3.63, 3.8) is 0 Å². The van der Waals surface area contributed by atoms with Crippen molar-refractivity contribution in [2.75, 3.05) is 13.7 Å². The van der Waals surface area contributed by atoms with Gasteiger partial charge in [0.15, 0.2) is 6.61 Å². The van der Waals surface area contributed by atoms with E-state index in [9.17, 15) is 9.59 Å². The summed E-state index contributed by atoms with van der Waals surface area (Å²) in [5.74, 6) is -0.824. The lowest BCUT2D eigenvalue weighted by atomic mass is 10.1. The van der Waals surface area contributed by atoms with E-state index in [0.717, 1.165) is 11.1 Å². The molecule has 0 saturated heterocycles. The van der Waals surface area contributed by atoms with Crippen molar-refractivity contribution in [1.29, 1.82) is 0 Å². The molecular weight excluding hydrogens is 344 g/mol. The third kappa shape index (κ3) is 3.97. The number of rotatable bonds is 6. The quantitative estimate of drug-likeness (QED) is 0.627. The number of aromatic nitrogens is 3. The van der Waals surface area contributed by atoms with Gasteiger partial charge in [0.2, 0.25) is 0 Å². The molecule has 0 radical (unpaired) electrons. The Bertz CT molecular complexity index is 952. The van der Waals surface area contributed by atoms with Crippen LogP contribution in [0.2, 0.25) is 0 Å². The van der Waals surface area contributed by atoms with Crippen LogP contribution >= 0.6 is 0 Å². The van der Waals surface area contributed by atoms with Gasteiger partial charge in [0.25, 0.3) is 5.91 Å². The zero-order valence-electron chi connectivity index (χ0n) is 15.6. The first-order valence-corrected chi connectivity index (χ1v) is 8.82. The van der Waals surface area contributed by atoms with Crippen LogP contribution in [0.5, 0.6) is 0 Å². The molecule has 1 aromatic heterocycles. The highest BCUT2D eigenvalue weighted by Crippen LogP contribution is 2.18. The zero-order valence-corrected chi connectivity index (χ0v) is 15.6. The largest absolute Gasteiger partial charge is 0.452 e. The monoisotopic (exact) mass is 366 g/mol. The molecule has 0 saturated carbocycles. The summed E-state index contributed by atoms with van der Waals surface area (Å²) in [7, 11) is 1.70. The van der Waals surface area contributed by atoms with E-state index in [1.54, 1.807) is 34.8 Å². The average molecular weight is 366 g/mol. The second-order valence-electron chi connectivity index (χ2n) is 6.28. The second kappa shape index (κ2) is 7.99. The lowest BCUT2D eigenvalue weighted by Gasteiger charge is -2.25. The maximum atomic E-state index is 12.4. The highest BCUT2D eigenvalue weighted by atomic mass is 16.5. The van der Waals surface area contributed by atoms with Crippen LogP contribution in [0.4, 0.5) is 0 Å². The molecule has 0 N–H and O–H groups in total. The molecule has 7 nitrogen and oxygen atoms in total. The molecule has 0 bridgehead atoms. The number of carbonyl (C=O) groups excluding carboxylic acids is 2. The minimum absolute atomic E-state index is 0.113. The van der Waals surface area contributed by atoms with Crippen molar-refractivity contribution in [3.05, 3.63) is 59.7 Å². The van der Waals surface area contributed by atoms with Crippen LogP contribution < -0.4 is 0 Å². The van der Waals surface area contributed by atoms with E-state index in [4.69, 9.17) is 4.74 Å². The third-order valence-corrected chi connectivity index (χ3v) is 4.63. The van der Waals surface area contributed by atoms with Crippen molar-refractivity contribution >= 4 is 22.9 Å². The Hall–Kier alpha value is -3.22. The van der Waals surface area contributed by atoms with E-state index in [0.29, 0.717) is 17.6 Å². The number of ether oxygens (including phenoxy) is 1. The van der Waals surface area contributed by atoms with Gasteiger partial charge in [0.1, 0.15) is 5.52 Å². The molecular formula is C20H22N4O3. The van der Waals surface area contributed by atoms with Gasteiger partial charge in [-0.3, -0.25) is 4.79 Å². The van der Waals surface area contributed by atoms with Crippen molar-refractivity contribution in [3.8, 4) is 0 Å². The van der Waals surface area contributed by atoms with Gasteiger partial charge in [-0.15, -0.1) is 5.10 Å². The number of aryl methyl sites for hydroxylation is 1. The first-order valence-electron chi connectivity index (χ1n) is 8.82. The molecule has 0 fully saturated rings. The molecule has 0 aliphatic rings. The summed E-state index contributed by atoms with van der Waals surface area (Å²) in [4.78, 5) is 26.2. The van der Waals surface area contributed by atoms with Crippen LogP contribution in [0.3, 0.4) is 0 Å². The molecule has 27 heavy (non-hydrogen) atoms. The molecule has 0 aliphatic heterocycles. The molecule has 0 unspecified atom stereocenters. The summed E-state index contributed by atoms with van der Waals surface area (Å²) in [6.45, 7) is 4.28. The first-order chi connectivity index (χ1) is 13.0. The van der Waals surface area contributed by atoms with Gasteiger partial charge in [-0.25, -0.2) is 9.48 Å². The third-order valence-electron chi connectivity index (χ3n) is 4.63. The van der Waals surface area contributed by atoms with Crippen LogP contribution in [-0.2, 0) is 16.1 Å². The lowest BCUT2D eigenvalue weighted by molar-refractivity contribution is -0.135. The Morgan fingerprint density at radius 1 is 1.19 bits per heavy atom. The average Bonchev–Trinajstić information content (AvgIpc) is 3.13. The van der Waals surface area contributed by atoms with Crippen LogP contribution in [0.25, 0.3) is 11.0 Å². The number of carbonyl (C=O) groups is 2. The van der Waals surface area contributed by atoms with Gasteiger partial charge in [-0.05, 0) is 37.6 Å². The van der Waals surface area contributed by atoms with Gasteiger partial charge in [0, 0.05) is 13.6 Å². The summed E-state index contributed by atoms with van der Waals surface area (Å²) in [5.41, 5.74) is 2.83. The SMILES string of the molecule is CCn1nnc2cc(C(=O)OCC(=O)N(C)[C@H](C)c3ccccc3)ccc21. The predicted octanol–water partition coefficient (Wildman–Crippen LogP) is 2.83. The molecule has 0 spiro atoms. The number of nitrogens with zero attached hydrogens (tertiary/aromatic N) is 4. The molecule has 1 heterocycles. The van der Waals surface area contributed by atoms with Crippen LogP contribution in [0.1, 0.15) is 35.8 Å². The lowest BCUT2D eigenvalue weighted by Crippen LogP contribution is -2.33. The van der Waals surface area contributed by atoms with E-state index in [1.807, 2.05) is 44.2 Å². The molecule has 7 heteroatoms. The number of hydrogen-bond donors (Lipinski definition) is 0. The zero-order chi connectivity index (χ0) is 19.4. The van der Waals surface area contributed by atoms with Gasteiger partial charge in [0.05, 0.1) is 17.1 Å². The van der Waals surface area contributed by atoms with Crippen molar-refractivity contribution in [1.82, 2.24) is 19.9 Å². The Kier molecular flexibility index (Phi) is 5.49. The molecule has 3 aromatic rings. The normalized spacial score (nSPS) is 12.0. The van der Waals surface area contributed by atoms with E-state index in [-0.39, 0.29) is 18.6 Å². The summed E-state index contributed by atoms with van der Waals surface area (Å²) < 4.78 is 6.94. The standard InChI is InChI=1S/C20H22N4O3/c1-4-24-18-11-10-16(12-17(18)21-22-24)20(26)27-13-19(25)23(3)14(2)15-8-6-5-7-9-15/h5-12,14H,4,13H2,1-3H3/t14-/m1/s1. The Balaban J connectivity index is 1.62. The maximum absolute atomic E-state index is 12.4. The number of hydrogen-bond acceptors (Lipinski definition) is 5. The van der Waals surface area contributed by atoms with E-state index in [1.165, 1.54) is 0 Å². The minimum atomic E-state index is -0.558. The maximum Gasteiger partial charge on any atom is 0.338 e. The smallest absolute Gasteiger partial charge is 0.338 e. The molecule has 3 rings (SSSR count). The van der Waals surface area contributed by atoms with Gasteiger partial charge in [-0.2, -0.15) is 0 Å². The number of amides is 1. The van der Waals surface area contributed by atoms with Gasteiger partial charge >= 0.3 is 5.97 Å². The van der Waals surface area contributed by atoms with E-state index in [2.05, 4.69) is 10.3 Å². The number of likely N-dealkylation sites (N-methyl/N-ethyl adjacent to an activating group) is 1. The van der Waals surface area contributed by atoms with Crippen LogP contribution in [0, 0.1) is 0 Å². The van der Waals surface area contributed by atoms with E-state index < -0.39 is 5.97 Å². The number of fused-ring (bicyclic) bond motifs is 1. The molecule has 2 aromatic carbocycles.